The van der Waals surface area contributed by atoms with Crippen molar-refractivity contribution in [3.05, 3.63) is 0 Å². The first-order valence-electron chi connectivity index (χ1n) is 4.70. The molecule has 0 fully saturated rings. The molecule has 0 saturated carbocycles. The van der Waals surface area contributed by atoms with Gasteiger partial charge in [0.1, 0.15) is 0 Å². The molecule has 1 unspecified atom stereocenters. The molecule has 1 heteroatoms. The van der Waals surface area contributed by atoms with E-state index in [1.165, 1.54) is 0 Å². The summed E-state index contributed by atoms with van der Waals surface area (Å²) in [6.45, 7) is 8.70. The van der Waals surface area contributed by atoms with Gasteiger partial charge < -0.3 is 5.11 Å². The minimum Gasteiger partial charge on any atom is -0.393 e. The molecule has 0 saturated heterocycles. The van der Waals surface area contributed by atoms with Crippen LogP contribution in [-0.4, -0.2) is 11.2 Å². The highest BCUT2D eigenvalue weighted by atomic mass is 16.3. The molecular formula is C10H22O. The Morgan fingerprint density at radius 3 is 1.82 bits per heavy atom. The zero-order chi connectivity index (χ0) is 8.85. The third-order valence-electron chi connectivity index (χ3n) is 1.82. The summed E-state index contributed by atoms with van der Waals surface area (Å²) < 4.78 is 0. The molecule has 0 aliphatic heterocycles. The number of rotatable bonds is 5. The Hall–Kier alpha value is -0.0400. The molecular weight excluding hydrogens is 136 g/mol. The highest BCUT2D eigenvalue weighted by Gasteiger charge is 2.07. The lowest BCUT2D eigenvalue weighted by atomic mass is 9.99. The van der Waals surface area contributed by atoms with Crippen molar-refractivity contribution in [3.8, 4) is 0 Å². The predicted octanol–water partition coefficient (Wildman–Crippen LogP) is 2.83. The summed E-state index contributed by atoms with van der Waals surface area (Å²) in [6.07, 6.45) is 2.99. The van der Waals surface area contributed by atoms with Crippen LogP contribution in [0.2, 0.25) is 0 Å². The van der Waals surface area contributed by atoms with Crippen LogP contribution in [0, 0.1) is 11.8 Å². The van der Waals surface area contributed by atoms with Gasteiger partial charge in [0.05, 0.1) is 6.10 Å². The Morgan fingerprint density at radius 1 is 0.909 bits per heavy atom. The van der Waals surface area contributed by atoms with Crippen molar-refractivity contribution in [1.82, 2.24) is 0 Å². The SMILES string of the molecule is CC(C)CCC(O)CC(C)C. The maximum Gasteiger partial charge on any atom is 0.0542 e. The van der Waals surface area contributed by atoms with Crippen molar-refractivity contribution in [1.29, 1.82) is 0 Å². The Bertz CT molecular complexity index is 86.9. The zero-order valence-corrected chi connectivity index (χ0v) is 8.30. The lowest BCUT2D eigenvalue weighted by molar-refractivity contribution is 0.132. The van der Waals surface area contributed by atoms with Crippen LogP contribution in [0.25, 0.3) is 0 Å². The average Bonchev–Trinajstić information content (AvgIpc) is 1.82. The van der Waals surface area contributed by atoms with E-state index in [1.807, 2.05) is 0 Å². The monoisotopic (exact) mass is 158 g/mol. The number of hydrogen-bond donors (Lipinski definition) is 1. The summed E-state index contributed by atoms with van der Waals surface area (Å²) in [7, 11) is 0. The third-order valence-corrected chi connectivity index (χ3v) is 1.82. The quantitative estimate of drug-likeness (QED) is 0.652. The highest BCUT2D eigenvalue weighted by Crippen LogP contribution is 2.12. The third kappa shape index (κ3) is 7.86. The van der Waals surface area contributed by atoms with E-state index in [0.29, 0.717) is 5.92 Å². The fraction of sp³-hybridized carbons (Fsp3) is 1.00. The predicted molar refractivity (Wildman–Crippen MR) is 49.5 cm³/mol. The van der Waals surface area contributed by atoms with Crippen LogP contribution in [0.5, 0.6) is 0 Å². The first-order valence-corrected chi connectivity index (χ1v) is 4.70. The van der Waals surface area contributed by atoms with Crippen molar-refractivity contribution in [2.75, 3.05) is 0 Å². The lowest BCUT2D eigenvalue weighted by Gasteiger charge is -2.13. The molecule has 0 radical (unpaired) electrons. The summed E-state index contributed by atoms with van der Waals surface area (Å²) in [5.74, 6) is 1.34. The van der Waals surface area contributed by atoms with Crippen LogP contribution in [0.4, 0.5) is 0 Å². The van der Waals surface area contributed by atoms with Crippen molar-refractivity contribution >= 4 is 0 Å². The molecule has 0 aromatic carbocycles. The van der Waals surface area contributed by atoms with E-state index < -0.39 is 0 Å². The molecule has 0 spiro atoms. The van der Waals surface area contributed by atoms with Gasteiger partial charge in [-0.15, -0.1) is 0 Å². The second kappa shape index (κ2) is 5.59. The second-order valence-corrected chi connectivity index (χ2v) is 4.25. The number of hydrogen-bond acceptors (Lipinski definition) is 1. The lowest BCUT2D eigenvalue weighted by Crippen LogP contribution is -2.10. The normalized spacial score (nSPS) is 14.5. The Kier molecular flexibility index (Phi) is 5.57. The molecule has 1 atom stereocenters. The first-order chi connectivity index (χ1) is 5.02. The second-order valence-electron chi connectivity index (χ2n) is 4.25. The van der Waals surface area contributed by atoms with Gasteiger partial charge in [-0.05, 0) is 31.1 Å². The standard InChI is InChI=1S/C10H22O/c1-8(2)5-6-10(11)7-9(3)4/h8-11H,5-7H2,1-4H3. The highest BCUT2D eigenvalue weighted by molar-refractivity contribution is 4.59. The van der Waals surface area contributed by atoms with Crippen molar-refractivity contribution in [2.45, 2.75) is 53.1 Å². The summed E-state index contributed by atoms with van der Waals surface area (Å²) in [4.78, 5) is 0. The molecule has 0 heterocycles. The number of aliphatic hydroxyl groups excluding tert-OH is 1. The van der Waals surface area contributed by atoms with E-state index in [1.54, 1.807) is 0 Å². The molecule has 1 N–H and O–H groups in total. The molecule has 0 bridgehead atoms. The van der Waals surface area contributed by atoms with Crippen molar-refractivity contribution < 1.29 is 5.11 Å². The Balaban J connectivity index is 3.29. The minimum atomic E-state index is -0.0719. The van der Waals surface area contributed by atoms with E-state index >= 15 is 0 Å². The average molecular weight is 158 g/mol. The fourth-order valence-electron chi connectivity index (χ4n) is 1.19. The van der Waals surface area contributed by atoms with E-state index in [0.717, 1.165) is 25.2 Å². The van der Waals surface area contributed by atoms with Gasteiger partial charge in [0, 0.05) is 0 Å². The molecule has 0 aliphatic rings. The zero-order valence-electron chi connectivity index (χ0n) is 8.30. The maximum absolute atomic E-state index is 9.47. The molecule has 0 amide bonds. The van der Waals surface area contributed by atoms with Crippen LogP contribution in [0.15, 0.2) is 0 Å². The molecule has 0 aromatic rings. The minimum absolute atomic E-state index is 0.0719. The summed E-state index contributed by atoms with van der Waals surface area (Å²) in [5.41, 5.74) is 0. The van der Waals surface area contributed by atoms with Gasteiger partial charge in [0.15, 0.2) is 0 Å². The first kappa shape index (κ1) is 11.0. The van der Waals surface area contributed by atoms with E-state index in [-0.39, 0.29) is 6.10 Å². The summed E-state index contributed by atoms with van der Waals surface area (Å²) >= 11 is 0. The Morgan fingerprint density at radius 2 is 1.45 bits per heavy atom. The molecule has 1 nitrogen and oxygen atoms in total. The van der Waals surface area contributed by atoms with Gasteiger partial charge in [-0.25, -0.2) is 0 Å². The topological polar surface area (TPSA) is 20.2 Å². The van der Waals surface area contributed by atoms with Crippen LogP contribution in [-0.2, 0) is 0 Å². The Labute approximate surface area is 70.8 Å². The summed E-state index contributed by atoms with van der Waals surface area (Å²) in [5, 5.41) is 9.47. The van der Waals surface area contributed by atoms with Gasteiger partial charge in [-0.2, -0.15) is 0 Å². The van der Waals surface area contributed by atoms with Gasteiger partial charge in [-0.1, -0.05) is 27.7 Å². The van der Waals surface area contributed by atoms with Crippen molar-refractivity contribution in [2.24, 2.45) is 11.8 Å². The van der Waals surface area contributed by atoms with Crippen LogP contribution in [0.3, 0.4) is 0 Å². The molecule has 11 heavy (non-hydrogen) atoms. The van der Waals surface area contributed by atoms with E-state index in [2.05, 4.69) is 27.7 Å². The maximum atomic E-state index is 9.47. The van der Waals surface area contributed by atoms with Crippen LogP contribution >= 0.6 is 0 Å². The molecule has 0 rings (SSSR count). The van der Waals surface area contributed by atoms with Crippen molar-refractivity contribution in [3.63, 3.8) is 0 Å². The van der Waals surface area contributed by atoms with E-state index in [4.69, 9.17) is 0 Å². The van der Waals surface area contributed by atoms with Crippen LogP contribution < -0.4 is 0 Å². The van der Waals surface area contributed by atoms with E-state index in [9.17, 15) is 5.11 Å². The largest absolute Gasteiger partial charge is 0.393 e. The van der Waals surface area contributed by atoms with Crippen LogP contribution in [0.1, 0.15) is 47.0 Å². The molecule has 0 aromatic heterocycles. The smallest absolute Gasteiger partial charge is 0.0542 e. The van der Waals surface area contributed by atoms with Gasteiger partial charge >= 0.3 is 0 Å². The van der Waals surface area contributed by atoms with Gasteiger partial charge in [-0.3, -0.25) is 0 Å². The number of aliphatic hydroxyl groups is 1. The molecule has 0 aliphatic carbocycles. The summed E-state index contributed by atoms with van der Waals surface area (Å²) in [6, 6.07) is 0. The van der Waals surface area contributed by atoms with Gasteiger partial charge in [0.25, 0.3) is 0 Å². The fourth-order valence-corrected chi connectivity index (χ4v) is 1.19. The van der Waals surface area contributed by atoms with Gasteiger partial charge in [0.2, 0.25) is 0 Å². The molecule has 68 valence electrons.